The number of halogens is 1. The summed E-state index contributed by atoms with van der Waals surface area (Å²) < 4.78 is 28.1. The van der Waals surface area contributed by atoms with Crippen molar-refractivity contribution in [2.24, 2.45) is 0 Å². The normalized spacial score (nSPS) is 24.1. The van der Waals surface area contributed by atoms with E-state index < -0.39 is 10.0 Å². The molecule has 0 radical (unpaired) electrons. The van der Waals surface area contributed by atoms with Gasteiger partial charge >= 0.3 is 0 Å². The molecule has 2 fully saturated rings. The van der Waals surface area contributed by atoms with Gasteiger partial charge in [-0.3, -0.25) is 4.98 Å². The Morgan fingerprint density at radius 1 is 0.966 bits per heavy atom. The van der Waals surface area contributed by atoms with E-state index in [9.17, 15) is 8.42 Å². The standard InChI is InChI=1S/C22H20ClN3O2S/c23-18-4-1-5-19(11-18)29(27,28)26-20-13-25-14-21(26)22(20)16-8-6-15(7-9-16)17-3-2-10-24-12-17/h1-12,20-22,25H,13-14H2/t20-,21+,22?. The molecule has 1 unspecified atom stereocenters. The zero-order valence-corrected chi connectivity index (χ0v) is 17.1. The first-order valence-corrected chi connectivity index (χ1v) is 11.4. The van der Waals surface area contributed by atoms with E-state index in [0.29, 0.717) is 18.1 Å². The average Bonchev–Trinajstić information content (AvgIpc) is 2.75. The Morgan fingerprint density at radius 2 is 1.72 bits per heavy atom. The molecule has 29 heavy (non-hydrogen) atoms. The van der Waals surface area contributed by atoms with E-state index >= 15 is 0 Å². The third kappa shape index (κ3) is 3.16. The molecule has 0 spiro atoms. The Bertz CT molecular complexity index is 1120. The number of sulfonamides is 1. The molecule has 3 aromatic rings. The zero-order valence-electron chi connectivity index (χ0n) is 15.6. The summed E-state index contributed by atoms with van der Waals surface area (Å²) >= 11 is 6.03. The lowest BCUT2D eigenvalue weighted by Crippen LogP contribution is -2.73. The van der Waals surface area contributed by atoms with Gasteiger partial charge in [0.05, 0.1) is 4.90 Å². The van der Waals surface area contributed by atoms with Crippen LogP contribution in [0, 0.1) is 0 Å². The molecule has 1 aromatic heterocycles. The maximum absolute atomic E-state index is 13.2. The molecule has 2 aliphatic heterocycles. The van der Waals surface area contributed by atoms with Crippen LogP contribution in [-0.2, 0) is 10.0 Å². The maximum Gasteiger partial charge on any atom is 0.243 e. The molecular formula is C22H20ClN3O2S. The topological polar surface area (TPSA) is 62.3 Å². The Labute approximate surface area is 175 Å². The van der Waals surface area contributed by atoms with Gasteiger partial charge in [-0.2, -0.15) is 4.31 Å². The number of fused-ring (bicyclic) bond motifs is 2. The highest BCUT2D eigenvalue weighted by molar-refractivity contribution is 7.89. The molecule has 2 bridgehead atoms. The fourth-order valence-corrected chi connectivity index (χ4v) is 6.66. The van der Waals surface area contributed by atoms with Crippen LogP contribution in [0.4, 0.5) is 0 Å². The van der Waals surface area contributed by atoms with Crippen molar-refractivity contribution >= 4 is 21.6 Å². The molecule has 0 saturated carbocycles. The van der Waals surface area contributed by atoms with Crippen LogP contribution in [0.1, 0.15) is 11.5 Å². The van der Waals surface area contributed by atoms with Crippen molar-refractivity contribution in [2.45, 2.75) is 22.9 Å². The fourth-order valence-electron chi connectivity index (χ4n) is 4.51. The van der Waals surface area contributed by atoms with Gasteiger partial charge in [0.2, 0.25) is 10.0 Å². The second-order valence-electron chi connectivity index (χ2n) is 7.47. The molecule has 7 heteroatoms. The van der Waals surface area contributed by atoms with Crippen molar-refractivity contribution in [3.05, 3.63) is 83.6 Å². The van der Waals surface area contributed by atoms with Crippen LogP contribution in [0.2, 0.25) is 5.02 Å². The van der Waals surface area contributed by atoms with Crippen molar-refractivity contribution in [3.8, 4) is 11.1 Å². The van der Waals surface area contributed by atoms with E-state index in [2.05, 4.69) is 34.6 Å². The maximum atomic E-state index is 13.2. The lowest BCUT2D eigenvalue weighted by atomic mass is 9.74. The van der Waals surface area contributed by atoms with E-state index in [0.717, 1.165) is 11.1 Å². The third-order valence-electron chi connectivity index (χ3n) is 5.85. The summed E-state index contributed by atoms with van der Waals surface area (Å²) in [6.45, 7) is 1.29. The predicted molar refractivity (Wildman–Crippen MR) is 113 cm³/mol. The molecule has 148 valence electrons. The zero-order chi connectivity index (χ0) is 20.0. The first-order valence-electron chi connectivity index (χ1n) is 9.56. The van der Waals surface area contributed by atoms with E-state index in [1.807, 2.05) is 18.3 Å². The largest absolute Gasteiger partial charge is 0.313 e. The van der Waals surface area contributed by atoms with E-state index in [-0.39, 0.29) is 22.9 Å². The quantitative estimate of drug-likeness (QED) is 0.694. The number of nitrogens with zero attached hydrogens (tertiary/aromatic N) is 2. The average molecular weight is 426 g/mol. The number of hydrogen-bond acceptors (Lipinski definition) is 4. The van der Waals surface area contributed by atoms with Crippen molar-refractivity contribution in [2.75, 3.05) is 13.1 Å². The molecule has 5 rings (SSSR count). The van der Waals surface area contributed by atoms with E-state index in [4.69, 9.17) is 11.6 Å². The first kappa shape index (κ1) is 18.8. The van der Waals surface area contributed by atoms with Gasteiger partial charge in [0, 0.05) is 48.5 Å². The molecular weight excluding hydrogens is 406 g/mol. The smallest absolute Gasteiger partial charge is 0.243 e. The monoisotopic (exact) mass is 425 g/mol. The van der Waals surface area contributed by atoms with E-state index in [1.54, 1.807) is 28.7 Å². The van der Waals surface area contributed by atoms with Crippen LogP contribution >= 0.6 is 11.6 Å². The molecule has 2 saturated heterocycles. The molecule has 1 N–H and O–H groups in total. The van der Waals surface area contributed by atoms with Gasteiger partial charge in [-0.05, 0) is 41.0 Å². The third-order valence-corrected chi connectivity index (χ3v) is 8.03. The first-order chi connectivity index (χ1) is 14.1. The van der Waals surface area contributed by atoms with Gasteiger partial charge in [-0.1, -0.05) is 48.0 Å². The molecule has 0 aliphatic carbocycles. The predicted octanol–water partition coefficient (Wildman–Crippen LogP) is 3.53. The minimum Gasteiger partial charge on any atom is -0.313 e. The number of piperazine rings is 1. The van der Waals surface area contributed by atoms with Gasteiger partial charge in [-0.25, -0.2) is 8.42 Å². The van der Waals surface area contributed by atoms with Crippen LogP contribution < -0.4 is 5.32 Å². The molecule has 3 atom stereocenters. The molecule has 5 nitrogen and oxygen atoms in total. The van der Waals surface area contributed by atoms with Gasteiger partial charge in [0.1, 0.15) is 0 Å². The molecule has 0 amide bonds. The highest BCUT2D eigenvalue weighted by Gasteiger charge is 2.56. The molecule has 2 aliphatic rings. The van der Waals surface area contributed by atoms with Crippen molar-refractivity contribution in [1.29, 1.82) is 0 Å². The summed E-state index contributed by atoms with van der Waals surface area (Å²) in [4.78, 5) is 4.43. The van der Waals surface area contributed by atoms with Gasteiger partial charge in [-0.15, -0.1) is 0 Å². The van der Waals surface area contributed by atoms with Crippen LogP contribution in [-0.4, -0.2) is 42.9 Å². The van der Waals surface area contributed by atoms with Gasteiger partial charge in [0.25, 0.3) is 0 Å². The number of piperidine rings is 1. The van der Waals surface area contributed by atoms with Crippen molar-refractivity contribution < 1.29 is 8.42 Å². The summed E-state index contributed by atoms with van der Waals surface area (Å²) in [5.41, 5.74) is 3.35. The van der Waals surface area contributed by atoms with Crippen LogP contribution in [0.15, 0.2) is 78.0 Å². The number of nitrogens with one attached hydrogen (secondary N) is 1. The molecule has 2 aromatic carbocycles. The summed E-state index contributed by atoms with van der Waals surface area (Å²) in [6.07, 6.45) is 3.60. The number of benzene rings is 2. The van der Waals surface area contributed by atoms with Crippen LogP contribution in [0.3, 0.4) is 0 Å². The second-order valence-corrected chi connectivity index (χ2v) is 9.75. The number of hydrogen-bond donors (Lipinski definition) is 1. The Balaban J connectivity index is 1.43. The lowest BCUT2D eigenvalue weighted by molar-refractivity contribution is 0.0370. The van der Waals surface area contributed by atoms with Gasteiger partial charge < -0.3 is 5.32 Å². The highest BCUT2D eigenvalue weighted by atomic mass is 35.5. The summed E-state index contributed by atoms with van der Waals surface area (Å²) in [7, 11) is -3.58. The number of rotatable bonds is 4. The second kappa shape index (κ2) is 7.22. The Hall–Kier alpha value is -2.25. The van der Waals surface area contributed by atoms with Crippen molar-refractivity contribution in [1.82, 2.24) is 14.6 Å². The fraction of sp³-hybridized carbons (Fsp3) is 0.227. The van der Waals surface area contributed by atoms with E-state index in [1.165, 1.54) is 11.6 Å². The molecule has 3 heterocycles. The Kier molecular flexibility index (Phi) is 4.67. The summed E-state index contributed by atoms with van der Waals surface area (Å²) in [5, 5.41) is 3.77. The minimum atomic E-state index is -3.58. The summed E-state index contributed by atoms with van der Waals surface area (Å²) in [6, 6.07) is 18.7. The highest BCUT2D eigenvalue weighted by Crippen LogP contribution is 2.46. The number of pyridine rings is 1. The van der Waals surface area contributed by atoms with Crippen molar-refractivity contribution in [3.63, 3.8) is 0 Å². The SMILES string of the molecule is O=S(=O)(c1cccc(Cl)c1)N1[C@@H]2CNC[C@H]1C2c1ccc(-c2cccnc2)cc1. The minimum absolute atomic E-state index is 0.0954. The Morgan fingerprint density at radius 3 is 2.38 bits per heavy atom. The van der Waals surface area contributed by atoms with Gasteiger partial charge in [0.15, 0.2) is 0 Å². The lowest BCUT2D eigenvalue weighted by Gasteiger charge is -2.57. The summed E-state index contributed by atoms with van der Waals surface area (Å²) in [5.74, 6) is 0.188. The van der Waals surface area contributed by atoms with Crippen LogP contribution in [0.25, 0.3) is 11.1 Å². The number of aromatic nitrogens is 1. The van der Waals surface area contributed by atoms with Crippen LogP contribution in [0.5, 0.6) is 0 Å².